The van der Waals surface area contributed by atoms with Gasteiger partial charge in [-0.3, -0.25) is 4.98 Å². The lowest BCUT2D eigenvalue weighted by Crippen LogP contribution is -2.31. The van der Waals surface area contributed by atoms with E-state index in [9.17, 15) is 8.42 Å². The van der Waals surface area contributed by atoms with E-state index in [1.165, 1.54) is 23.8 Å². The van der Waals surface area contributed by atoms with Crippen molar-refractivity contribution in [3.05, 3.63) is 36.2 Å². The number of hydrogen-bond acceptors (Lipinski definition) is 7. The van der Waals surface area contributed by atoms with E-state index in [2.05, 4.69) is 9.97 Å². The molecule has 1 aromatic carbocycles. The van der Waals surface area contributed by atoms with Gasteiger partial charge in [0.2, 0.25) is 21.8 Å². The lowest BCUT2D eigenvalue weighted by molar-refractivity contribution is 0.203. The monoisotopic (exact) mass is 377 g/mol. The van der Waals surface area contributed by atoms with Crippen molar-refractivity contribution in [1.29, 1.82) is 0 Å². The van der Waals surface area contributed by atoms with Crippen LogP contribution < -0.4 is 14.2 Å². The van der Waals surface area contributed by atoms with Crippen LogP contribution in [0.1, 0.15) is 12.0 Å². The molecule has 2 aliphatic rings. The minimum atomic E-state index is -3.56. The second-order valence-electron chi connectivity index (χ2n) is 6.16. The number of rotatable bonds is 5. The first-order valence-corrected chi connectivity index (χ1v) is 9.79. The van der Waals surface area contributed by atoms with Gasteiger partial charge in [-0.25, -0.2) is 8.42 Å². The van der Waals surface area contributed by atoms with Gasteiger partial charge in [0, 0.05) is 13.0 Å². The molecule has 0 saturated carbocycles. The maximum absolute atomic E-state index is 12.9. The first-order valence-electron chi connectivity index (χ1n) is 8.35. The Morgan fingerprint density at radius 1 is 1.27 bits per heavy atom. The Labute approximate surface area is 151 Å². The molecule has 4 rings (SSSR count). The molecule has 0 radical (unpaired) electrons. The number of aromatic nitrogens is 2. The molecule has 0 N–H and O–H groups in total. The first-order chi connectivity index (χ1) is 12.6. The van der Waals surface area contributed by atoms with Crippen molar-refractivity contribution in [2.75, 3.05) is 26.8 Å². The van der Waals surface area contributed by atoms with Gasteiger partial charge in [-0.15, -0.1) is 0 Å². The molecular weight excluding hydrogens is 358 g/mol. The number of fused-ring (bicyclic) bond motifs is 1. The molecule has 26 heavy (non-hydrogen) atoms. The zero-order valence-corrected chi connectivity index (χ0v) is 15.1. The minimum absolute atomic E-state index is 0.273. The zero-order valence-electron chi connectivity index (χ0n) is 14.3. The van der Waals surface area contributed by atoms with Crippen LogP contribution in [0.4, 0.5) is 0 Å². The van der Waals surface area contributed by atoms with Crippen LogP contribution in [0.5, 0.6) is 17.5 Å². The minimum Gasteiger partial charge on any atom is -0.493 e. The summed E-state index contributed by atoms with van der Waals surface area (Å²) < 4.78 is 43.5. The molecule has 0 amide bonds. The van der Waals surface area contributed by atoms with Crippen molar-refractivity contribution in [2.45, 2.75) is 23.8 Å². The Balaban J connectivity index is 1.47. The molecule has 1 atom stereocenters. The predicted molar refractivity (Wildman–Crippen MR) is 92.0 cm³/mol. The van der Waals surface area contributed by atoms with E-state index in [0.717, 1.165) is 17.7 Å². The fourth-order valence-corrected chi connectivity index (χ4v) is 4.68. The smallest absolute Gasteiger partial charge is 0.243 e. The summed E-state index contributed by atoms with van der Waals surface area (Å²) in [4.78, 5) is 8.44. The Morgan fingerprint density at radius 3 is 2.96 bits per heavy atom. The normalized spacial score (nSPS) is 19.8. The summed E-state index contributed by atoms with van der Waals surface area (Å²) in [5.41, 5.74) is 0.935. The van der Waals surface area contributed by atoms with Crippen LogP contribution in [0.2, 0.25) is 0 Å². The van der Waals surface area contributed by atoms with E-state index < -0.39 is 10.0 Å². The van der Waals surface area contributed by atoms with E-state index in [1.807, 2.05) is 0 Å². The average molecular weight is 377 g/mol. The van der Waals surface area contributed by atoms with E-state index in [-0.39, 0.29) is 12.6 Å². The molecule has 9 heteroatoms. The highest BCUT2D eigenvalue weighted by atomic mass is 32.2. The molecule has 1 saturated heterocycles. The summed E-state index contributed by atoms with van der Waals surface area (Å²) in [5, 5.41) is 0. The predicted octanol–water partition coefficient (Wildman–Crippen LogP) is 1.26. The number of nitrogens with zero attached hydrogens (tertiary/aromatic N) is 3. The number of sulfonamides is 1. The summed E-state index contributed by atoms with van der Waals surface area (Å²) in [6.45, 7) is 1.27. The van der Waals surface area contributed by atoms with Crippen LogP contribution in [-0.4, -0.2) is 55.6 Å². The molecule has 0 spiro atoms. The van der Waals surface area contributed by atoms with Crippen LogP contribution in [0.15, 0.2) is 35.5 Å². The van der Waals surface area contributed by atoms with Crippen molar-refractivity contribution < 1.29 is 22.6 Å². The molecule has 0 aliphatic carbocycles. The van der Waals surface area contributed by atoms with Gasteiger partial charge in [0.1, 0.15) is 11.9 Å². The number of methoxy groups -OCH3 is 1. The molecule has 8 nitrogen and oxygen atoms in total. The van der Waals surface area contributed by atoms with Gasteiger partial charge < -0.3 is 14.2 Å². The van der Waals surface area contributed by atoms with Crippen LogP contribution >= 0.6 is 0 Å². The Kier molecular flexibility index (Phi) is 4.41. The lowest BCUT2D eigenvalue weighted by Gasteiger charge is -2.17. The van der Waals surface area contributed by atoms with E-state index in [1.54, 1.807) is 18.2 Å². The zero-order chi connectivity index (χ0) is 18.1. The SMILES string of the molecule is COc1cncc(O[C@H]2CCN(S(=O)(=O)c3ccc4c(c3)CCO4)C2)n1. The molecule has 0 bridgehead atoms. The van der Waals surface area contributed by atoms with Crippen molar-refractivity contribution in [1.82, 2.24) is 14.3 Å². The molecule has 0 unspecified atom stereocenters. The second kappa shape index (κ2) is 6.73. The van der Waals surface area contributed by atoms with Crippen LogP contribution in [0, 0.1) is 0 Å². The Hall–Kier alpha value is -2.39. The highest BCUT2D eigenvalue weighted by Crippen LogP contribution is 2.30. The fraction of sp³-hybridized carbons (Fsp3) is 0.412. The summed E-state index contributed by atoms with van der Waals surface area (Å²) in [6.07, 6.45) is 4.02. The first kappa shape index (κ1) is 17.0. The molecule has 138 valence electrons. The summed E-state index contributed by atoms with van der Waals surface area (Å²) in [6, 6.07) is 5.03. The fourth-order valence-electron chi connectivity index (χ4n) is 3.14. The van der Waals surface area contributed by atoms with Gasteiger partial charge in [0.05, 0.1) is 37.6 Å². The highest BCUT2D eigenvalue weighted by Gasteiger charge is 2.34. The van der Waals surface area contributed by atoms with Gasteiger partial charge in [-0.1, -0.05) is 0 Å². The largest absolute Gasteiger partial charge is 0.493 e. The van der Waals surface area contributed by atoms with Crippen molar-refractivity contribution in [2.24, 2.45) is 0 Å². The average Bonchev–Trinajstić information content (AvgIpc) is 3.30. The van der Waals surface area contributed by atoms with Crippen LogP contribution in [0.25, 0.3) is 0 Å². The molecule has 1 aromatic heterocycles. The third-order valence-electron chi connectivity index (χ3n) is 4.49. The molecule has 1 fully saturated rings. The van der Waals surface area contributed by atoms with Crippen molar-refractivity contribution in [3.63, 3.8) is 0 Å². The topological polar surface area (TPSA) is 90.9 Å². The third kappa shape index (κ3) is 3.19. The summed E-state index contributed by atoms with van der Waals surface area (Å²) in [5.74, 6) is 1.44. The molecule has 3 heterocycles. The quantitative estimate of drug-likeness (QED) is 0.775. The van der Waals surface area contributed by atoms with Gasteiger partial charge in [-0.05, 0) is 30.2 Å². The number of hydrogen-bond donors (Lipinski definition) is 0. The molecule has 2 aliphatic heterocycles. The van der Waals surface area contributed by atoms with Gasteiger partial charge in [0.15, 0.2) is 0 Å². The van der Waals surface area contributed by atoms with E-state index >= 15 is 0 Å². The number of ether oxygens (including phenoxy) is 3. The molecular formula is C17H19N3O5S. The Morgan fingerprint density at radius 2 is 2.12 bits per heavy atom. The lowest BCUT2D eigenvalue weighted by atomic mass is 10.2. The molecule has 2 aromatic rings. The van der Waals surface area contributed by atoms with Crippen LogP contribution in [-0.2, 0) is 16.4 Å². The maximum atomic E-state index is 12.9. The summed E-state index contributed by atoms with van der Waals surface area (Å²) >= 11 is 0. The summed E-state index contributed by atoms with van der Waals surface area (Å²) in [7, 11) is -2.06. The third-order valence-corrected chi connectivity index (χ3v) is 6.35. The van der Waals surface area contributed by atoms with Gasteiger partial charge >= 0.3 is 0 Å². The second-order valence-corrected chi connectivity index (χ2v) is 8.10. The van der Waals surface area contributed by atoms with Crippen molar-refractivity contribution >= 4 is 10.0 Å². The van der Waals surface area contributed by atoms with E-state index in [4.69, 9.17) is 14.2 Å². The van der Waals surface area contributed by atoms with Crippen LogP contribution in [0.3, 0.4) is 0 Å². The van der Waals surface area contributed by atoms with Gasteiger partial charge in [-0.2, -0.15) is 9.29 Å². The number of benzene rings is 1. The van der Waals surface area contributed by atoms with Crippen molar-refractivity contribution in [3.8, 4) is 17.5 Å². The van der Waals surface area contributed by atoms with Gasteiger partial charge in [0.25, 0.3) is 0 Å². The standard InChI is InChI=1S/C17H19N3O5S/c1-23-16-9-18-10-17(19-16)25-13-4-6-20(11-13)26(21,22)14-2-3-15-12(8-14)5-7-24-15/h2-3,8-10,13H,4-7,11H2,1H3/t13-/m0/s1. The van der Waals surface area contributed by atoms with E-state index in [0.29, 0.717) is 36.2 Å². The highest BCUT2D eigenvalue weighted by molar-refractivity contribution is 7.89. The Bertz CT molecular complexity index is 918. The maximum Gasteiger partial charge on any atom is 0.243 e.